The van der Waals surface area contributed by atoms with Gasteiger partial charge in [0.25, 0.3) is 5.91 Å². The lowest BCUT2D eigenvalue weighted by Crippen LogP contribution is -2.39. The molecule has 0 saturated carbocycles. The number of benzene rings is 2. The number of carbonyl (C=O) groups is 2. The second-order valence-electron chi connectivity index (χ2n) is 5.90. The number of nitrogens with zero attached hydrogens (tertiary/aromatic N) is 1. The zero-order chi connectivity index (χ0) is 19.4. The third kappa shape index (κ3) is 4.64. The molecule has 1 heterocycles. The molecule has 0 unspecified atom stereocenters. The van der Waals surface area contributed by atoms with Gasteiger partial charge in [-0.25, -0.2) is 0 Å². The van der Waals surface area contributed by atoms with Crippen molar-refractivity contribution in [2.24, 2.45) is 0 Å². The predicted molar refractivity (Wildman–Crippen MR) is 102 cm³/mol. The molecule has 1 aliphatic heterocycles. The Hall–Kier alpha value is -2.44. The molecule has 6 nitrogen and oxygen atoms in total. The monoisotopic (exact) mass is 408 g/mol. The van der Waals surface area contributed by atoms with Crippen LogP contribution in [0.25, 0.3) is 0 Å². The van der Waals surface area contributed by atoms with Gasteiger partial charge in [0.1, 0.15) is 0 Å². The Labute approximate surface area is 167 Å². The number of halogens is 2. The highest BCUT2D eigenvalue weighted by molar-refractivity contribution is 6.36. The molecule has 0 saturated heterocycles. The summed E-state index contributed by atoms with van der Waals surface area (Å²) in [6.45, 7) is 2.86. The number of likely N-dealkylation sites (N-methyl/N-ethyl adjacent to an activating group) is 1. The Morgan fingerprint density at radius 1 is 1.11 bits per heavy atom. The van der Waals surface area contributed by atoms with Crippen LogP contribution < -0.4 is 14.8 Å². The van der Waals surface area contributed by atoms with Crippen LogP contribution in [-0.4, -0.2) is 36.6 Å². The number of amides is 2. The van der Waals surface area contributed by atoms with Gasteiger partial charge in [-0.1, -0.05) is 29.3 Å². The first kappa shape index (κ1) is 19.3. The first-order chi connectivity index (χ1) is 13.0. The van der Waals surface area contributed by atoms with Crippen molar-refractivity contribution in [1.82, 2.24) is 10.2 Å². The fourth-order valence-electron chi connectivity index (χ4n) is 2.67. The smallest absolute Gasteiger partial charge is 0.253 e. The molecule has 1 aliphatic rings. The van der Waals surface area contributed by atoms with Crippen LogP contribution >= 0.6 is 23.2 Å². The van der Waals surface area contributed by atoms with E-state index in [1.54, 1.807) is 11.0 Å². The van der Waals surface area contributed by atoms with E-state index in [-0.39, 0.29) is 29.8 Å². The maximum Gasteiger partial charge on any atom is 0.253 e. The lowest BCUT2D eigenvalue weighted by molar-refractivity contribution is -0.130. The van der Waals surface area contributed by atoms with Gasteiger partial charge in [-0.2, -0.15) is 0 Å². The SMILES string of the molecule is CCN(Cc1ccc2c(c1)OCO2)C(=O)CNC(=O)c1ccc(Cl)cc1Cl. The molecule has 142 valence electrons. The molecule has 0 radical (unpaired) electrons. The highest BCUT2D eigenvalue weighted by Crippen LogP contribution is 2.32. The average Bonchev–Trinajstić information content (AvgIpc) is 3.11. The molecule has 1 N–H and O–H groups in total. The Bertz CT molecular complexity index is 873. The lowest BCUT2D eigenvalue weighted by atomic mass is 10.2. The van der Waals surface area contributed by atoms with E-state index in [0.717, 1.165) is 5.56 Å². The summed E-state index contributed by atoms with van der Waals surface area (Å²) in [7, 11) is 0. The third-order valence-corrected chi connectivity index (χ3v) is 4.67. The summed E-state index contributed by atoms with van der Waals surface area (Å²) in [5, 5.41) is 3.27. The fraction of sp³-hybridized carbons (Fsp3) is 0.263. The third-order valence-electron chi connectivity index (χ3n) is 4.12. The van der Waals surface area contributed by atoms with Crippen molar-refractivity contribution in [3.8, 4) is 11.5 Å². The van der Waals surface area contributed by atoms with E-state index >= 15 is 0 Å². The molecule has 0 aromatic heterocycles. The first-order valence-corrected chi connectivity index (χ1v) is 9.13. The van der Waals surface area contributed by atoms with Gasteiger partial charge < -0.3 is 19.7 Å². The number of nitrogens with one attached hydrogen (secondary N) is 1. The van der Waals surface area contributed by atoms with Crippen LogP contribution in [0.15, 0.2) is 36.4 Å². The Morgan fingerprint density at radius 2 is 1.89 bits per heavy atom. The zero-order valence-corrected chi connectivity index (χ0v) is 16.1. The summed E-state index contributed by atoms with van der Waals surface area (Å²) in [4.78, 5) is 26.4. The molecule has 0 aliphatic carbocycles. The quantitative estimate of drug-likeness (QED) is 0.793. The number of carbonyl (C=O) groups excluding carboxylic acids is 2. The van der Waals surface area contributed by atoms with Crippen LogP contribution in [0.3, 0.4) is 0 Å². The van der Waals surface area contributed by atoms with E-state index in [0.29, 0.717) is 29.6 Å². The van der Waals surface area contributed by atoms with Crippen LogP contribution in [0, 0.1) is 0 Å². The maximum atomic E-state index is 12.5. The number of hydrogen-bond acceptors (Lipinski definition) is 4. The topological polar surface area (TPSA) is 67.9 Å². The summed E-state index contributed by atoms with van der Waals surface area (Å²) < 4.78 is 10.6. The van der Waals surface area contributed by atoms with Crippen molar-refractivity contribution in [2.75, 3.05) is 19.9 Å². The number of ether oxygens (including phenoxy) is 2. The van der Waals surface area contributed by atoms with Gasteiger partial charge >= 0.3 is 0 Å². The Kier molecular flexibility index (Phi) is 6.08. The molecule has 2 aromatic rings. The van der Waals surface area contributed by atoms with Gasteiger partial charge in [-0.3, -0.25) is 9.59 Å². The van der Waals surface area contributed by atoms with Crippen molar-refractivity contribution >= 4 is 35.0 Å². The van der Waals surface area contributed by atoms with E-state index in [2.05, 4.69) is 5.32 Å². The summed E-state index contributed by atoms with van der Waals surface area (Å²) >= 11 is 11.8. The highest BCUT2D eigenvalue weighted by Gasteiger charge is 2.18. The lowest BCUT2D eigenvalue weighted by Gasteiger charge is -2.21. The molecule has 0 spiro atoms. The van der Waals surface area contributed by atoms with E-state index in [9.17, 15) is 9.59 Å². The normalized spacial score (nSPS) is 12.0. The molecule has 8 heteroatoms. The van der Waals surface area contributed by atoms with Crippen LogP contribution in [-0.2, 0) is 11.3 Å². The van der Waals surface area contributed by atoms with Crippen molar-refractivity contribution in [3.05, 3.63) is 57.6 Å². The molecule has 27 heavy (non-hydrogen) atoms. The van der Waals surface area contributed by atoms with Crippen LogP contribution in [0.4, 0.5) is 0 Å². The Balaban J connectivity index is 1.59. The van der Waals surface area contributed by atoms with Crippen LogP contribution in [0.1, 0.15) is 22.8 Å². The molecule has 0 bridgehead atoms. The Morgan fingerprint density at radius 3 is 2.63 bits per heavy atom. The van der Waals surface area contributed by atoms with Gasteiger partial charge in [0.2, 0.25) is 12.7 Å². The van der Waals surface area contributed by atoms with E-state index in [1.807, 2.05) is 25.1 Å². The van der Waals surface area contributed by atoms with Crippen molar-refractivity contribution in [1.29, 1.82) is 0 Å². The minimum Gasteiger partial charge on any atom is -0.454 e. The first-order valence-electron chi connectivity index (χ1n) is 8.37. The van der Waals surface area contributed by atoms with Gasteiger partial charge in [0, 0.05) is 18.1 Å². The van der Waals surface area contributed by atoms with Gasteiger partial charge in [0.05, 0.1) is 17.1 Å². The highest BCUT2D eigenvalue weighted by atomic mass is 35.5. The summed E-state index contributed by atoms with van der Waals surface area (Å²) in [6.07, 6.45) is 0. The minimum atomic E-state index is -0.427. The largest absolute Gasteiger partial charge is 0.454 e. The maximum absolute atomic E-state index is 12.5. The predicted octanol–water partition coefficient (Wildman–Crippen LogP) is 3.50. The zero-order valence-electron chi connectivity index (χ0n) is 14.6. The van der Waals surface area contributed by atoms with E-state index in [4.69, 9.17) is 32.7 Å². The number of hydrogen-bond donors (Lipinski definition) is 1. The molecular formula is C19H18Cl2N2O4. The average molecular weight is 409 g/mol. The molecule has 2 amide bonds. The molecule has 0 atom stereocenters. The second-order valence-corrected chi connectivity index (χ2v) is 6.75. The molecular weight excluding hydrogens is 391 g/mol. The van der Waals surface area contributed by atoms with Gasteiger partial charge in [-0.05, 0) is 42.8 Å². The summed E-state index contributed by atoms with van der Waals surface area (Å²) in [5.74, 6) is 0.736. The fourth-order valence-corrected chi connectivity index (χ4v) is 3.17. The van der Waals surface area contributed by atoms with Gasteiger partial charge in [0.15, 0.2) is 11.5 Å². The number of rotatable bonds is 6. The van der Waals surface area contributed by atoms with E-state index in [1.165, 1.54) is 12.1 Å². The molecule has 3 rings (SSSR count). The van der Waals surface area contributed by atoms with Crippen molar-refractivity contribution in [3.63, 3.8) is 0 Å². The standard InChI is InChI=1S/C19H18Cl2N2O4/c1-2-23(10-12-3-6-16-17(7-12)27-11-26-16)18(24)9-22-19(25)14-5-4-13(20)8-15(14)21/h3-8H,2,9-11H2,1H3,(H,22,25). The minimum absolute atomic E-state index is 0.129. The van der Waals surface area contributed by atoms with E-state index < -0.39 is 5.91 Å². The number of fused-ring (bicyclic) bond motifs is 1. The van der Waals surface area contributed by atoms with Crippen LogP contribution in [0.5, 0.6) is 11.5 Å². The van der Waals surface area contributed by atoms with Crippen molar-refractivity contribution in [2.45, 2.75) is 13.5 Å². The summed E-state index contributed by atoms with van der Waals surface area (Å²) in [5.41, 5.74) is 1.19. The molecule has 2 aromatic carbocycles. The van der Waals surface area contributed by atoms with Gasteiger partial charge in [-0.15, -0.1) is 0 Å². The van der Waals surface area contributed by atoms with Crippen molar-refractivity contribution < 1.29 is 19.1 Å². The second kappa shape index (κ2) is 8.50. The van der Waals surface area contributed by atoms with Crippen LogP contribution in [0.2, 0.25) is 10.0 Å². The molecule has 0 fully saturated rings. The summed E-state index contributed by atoms with van der Waals surface area (Å²) in [6, 6.07) is 10.1.